The van der Waals surface area contributed by atoms with Crippen molar-refractivity contribution in [2.24, 2.45) is 5.92 Å². The number of fused-ring (bicyclic) bond motifs is 2. The first-order valence-corrected chi connectivity index (χ1v) is 15.5. The van der Waals surface area contributed by atoms with Crippen LogP contribution >= 0.6 is 11.6 Å². The highest BCUT2D eigenvalue weighted by atomic mass is 35.5. The van der Waals surface area contributed by atoms with Crippen molar-refractivity contribution in [1.82, 2.24) is 14.9 Å². The molecule has 3 N–H and O–H groups in total. The first-order chi connectivity index (χ1) is 21.3. The summed E-state index contributed by atoms with van der Waals surface area (Å²) in [5.41, 5.74) is 5.23. The third-order valence-corrected chi connectivity index (χ3v) is 9.69. The lowest BCUT2D eigenvalue weighted by Gasteiger charge is -2.43. The van der Waals surface area contributed by atoms with Gasteiger partial charge in [-0.1, -0.05) is 11.6 Å². The van der Waals surface area contributed by atoms with Gasteiger partial charge in [0, 0.05) is 50.3 Å². The Hall–Kier alpha value is -2.71. The summed E-state index contributed by atoms with van der Waals surface area (Å²) >= 11 is 6.05. The number of aliphatic hydroxyl groups is 1. The minimum absolute atomic E-state index is 0.00473. The maximum Gasteiger partial charge on any atom is 0.418 e. The van der Waals surface area contributed by atoms with Crippen LogP contribution in [0.1, 0.15) is 61.1 Å². The number of nitrogens with zero attached hydrogens (tertiary/aromatic N) is 4. The number of piperidine rings is 1. The lowest BCUT2D eigenvalue weighted by atomic mass is 9.87. The molecule has 3 saturated heterocycles. The number of hydrogen-bond donors (Lipinski definition) is 2. The maximum absolute atomic E-state index is 14.1. The summed E-state index contributed by atoms with van der Waals surface area (Å²) in [5, 5.41) is 10.6. The first kappa shape index (κ1) is 32.2. The Labute approximate surface area is 264 Å². The van der Waals surface area contributed by atoms with Crippen molar-refractivity contribution in [2.45, 2.75) is 69.1 Å². The van der Waals surface area contributed by atoms with Gasteiger partial charge >= 0.3 is 12.2 Å². The van der Waals surface area contributed by atoms with Gasteiger partial charge in [-0.05, 0) is 62.4 Å². The first-order valence-electron chi connectivity index (χ1n) is 15.1. The Kier molecular flexibility index (Phi) is 8.70. The second-order valence-electron chi connectivity index (χ2n) is 13.1. The number of β-amino-alcohol motifs (C(OH)–C–C–N with tert-alkyl or cyclic N) is 1. The van der Waals surface area contributed by atoms with Crippen LogP contribution in [0.2, 0.25) is 5.02 Å². The minimum atomic E-state index is -4.73. The Morgan fingerprint density at radius 1 is 1.29 bits per heavy atom. The van der Waals surface area contributed by atoms with Gasteiger partial charge in [0.25, 0.3) is 0 Å². The third kappa shape index (κ3) is 6.47. The highest BCUT2D eigenvalue weighted by molar-refractivity contribution is 6.31. The van der Waals surface area contributed by atoms with Crippen LogP contribution in [0.25, 0.3) is 0 Å². The fraction of sp³-hybridized carbons (Fsp3) is 0.613. The predicted molar refractivity (Wildman–Crippen MR) is 160 cm³/mol. The van der Waals surface area contributed by atoms with Crippen LogP contribution in [0, 0.1) is 5.92 Å². The lowest BCUT2D eigenvalue weighted by Crippen LogP contribution is -2.52. The van der Waals surface area contributed by atoms with Crippen molar-refractivity contribution in [2.75, 3.05) is 57.1 Å². The van der Waals surface area contributed by atoms with Gasteiger partial charge < -0.3 is 30.0 Å². The molecule has 1 aromatic carbocycles. The van der Waals surface area contributed by atoms with Gasteiger partial charge in [0.1, 0.15) is 12.4 Å². The Balaban J connectivity index is 1.37. The topological polar surface area (TPSA) is 106 Å². The zero-order chi connectivity index (χ0) is 32.1. The van der Waals surface area contributed by atoms with E-state index in [0.717, 1.165) is 25.5 Å². The molecule has 246 valence electrons. The third-order valence-electron chi connectivity index (χ3n) is 9.39. The monoisotopic (exact) mass is 655 g/mol. The van der Waals surface area contributed by atoms with Gasteiger partial charge in [-0.15, -0.1) is 0 Å². The fourth-order valence-corrected chi connectivity index (χ4v) is 8.00. The summed E-state index contributed by atoms with van der Waals surface area (Å²) in [6.45, 7) is 4.53. The molecule has 0 aliphatic carbocycles. The van der Waals surface area contributed by atoms with Crippen LogP contribution < -0.4 is 15.4 Å². The van der Waals surface area contributed by atoms with E-state index >= 15 is 0 Å². The quantitative estimate of drug-likeness (QED) is 0.306. The molecule has 4 aliphatic rings. The van der Waals surface area contributed by atoms with E-state index in [-0.39, 0.29) is 54.9 Å². The van der Waals surface area contributed by atoms with Crippen molar-refractivity contribution >= 4 is 23.1 Å². The Bertz CT molecular complexity index is 1470. The van der Waals surface area contributed by atoms with Gasteiger partial charge in [-0.3, -0.25) is 4.90 Å². The molecule has 14 heteroatoms. The molecule has 4 atom stereocenters. The minimum Gasteiger partial charge on any atom is -0.461 e. The highest BCUT2D eigenvalue weighted by Crippen LogP contribution is 2.46. The molecule has 0 bridgehead atoms. The summed E-state index contributed by atoms with van der Waals surface area (Å²) in [6, 6.07) is 2.39. The Morgan fingerprint density at radius 2 is 2.09 bits per heavy atom. The number of anilines is 2. The predicted octanol–water partition coefficient (Wildman–Crippen LogP) is 5.24. The van der Waals surface area contributed by atoms with Gasteiger partial charge in [0.05, 0.1) is 53.1 Å². The molecule has 6 rings (SSSR count). The fourth-order valence-electron chi connectivity index (χ4n) is 7.66. The summed E-state index contributed by atoms with van der Waals surface area (Å²) < 4.78 is 73.6. The molecule has 5 heterocycles. The second kappa shape index (κ2) is 12.1. The molecule has 9 nitrogen and oxygen atoms in total. The van der Waals surface area contributed by atoms with Crippen LogP contribution in [0.15, 0.2) is 24.0 Å². The van der Waals surface area contributed by atoms with E-state index < -0.39 is 28.5 Å². The average molecular weight is 656 g/mol. The molecule has 0 amide bonds. The number of benzene rings is 1. The van der Waals surface area contributed by atoms with E-state index in [9.17, 15) is 22.7 Å². The number of halogens is 5. The molecule has 0 spiro atoms. The maximum atomic E-state index is 14.1. The number of nitrogen functional groups attached to an aromatic ring is 1. The summed E-state index contributed by atoms with van der Waals surface area (Å²) in [7, 11) is 1.61. The normalized spacial score (nSPS) is 29.7. The van der Waals surface area contributed by atoms with Crippen molar-refractivity contribution < 1.29 is 36.9 Å². The van der Waals surface area contributed by atoms with Gasteiger partial charge in [0.2, 0.25) is 0 Å². The summed E-state index contributed by atoms with van der Waals surface area (Å²) in [4.78, 5) is 13.7. The van der Waals surface area contributed by atoms with E-state index in [1.165, 1.54) is 6.07 Å². The molecular weight excluding hydrogens is 618 g/mol. The standard InChI is InChI=1S/C31H38ClF4N5O4/c1-29(42)9-19(14-43-2)12-40(16-29)27-22-15-44-25(21-6-20(37)7-23(32)26(21)31(34,35)36)8-24(22)38-28(39-27)45-17-30-4-3-5-41(30)13-18(10-30)11-33/h6-7,11,19,25,42H,3-5,8-10,12-17,37H2,1-2H3/b18-11-/t19-,25+,29-,30+/m1/s1. The van der Waals surface area contributed by atoms with E-state index in [1.807, 2.05) is 4.90 Å². The van der Waals surface area contributed by atoms with Gasteiger partial charge in [0.15, 0.2) is 0 Å². The van der Waals surface area contributed by atoms with Gasteiger partial charge in [-0.2, -0.15) is 23.1 Å². The van der Waals surface area contributed by atoms with Crippen molar-refractivity contribution in [3.8, 4) is 6.01 Å². The molecule has 2 aromatic rings. The zero-order valence-corrected chi connectivity index (χ0v) is 26.1. The largest absolute Gasteiger partial charge is 0.461 e. The smallest absolute Gasteiger partial charge is 0.418 e. The van der Waals surface area contributed by atoms with Crippen molar-refractivity contribution in [1.29, 1.82) is 0 Å². The Morgan fingerprint density at radius 3 is 2.82 bits per heavy atom. The van der Waals surface area contributed by atoms with E-state index in [2.05, 4.69) is 4.90 Å². The number of aromatic nitrogens is 2. The zero-order valence-electron chi connectivity index (χ0n) is 25.3. The molecular formula is C31H38ClF4N5O4. The summed E-state index contributed by atoms with van der Waals surface area (Å²) in [6.07, 6.45) is -2.23. The number of alkyl halides is 3. The van der Waals surface area contributed by atoms with Crippen LogP contribution in [0.5, 0.6) is 6.01 Å². The molecule has 4 aliphatic heterocycles. The number of methoxy groups -OCH3 is 1. The van der Waals surface area contributed by atoms with E-state index in [1.54, 1.807) is 14.0 Å². The summed E-state index contributed by atoms with van der Waals surface area (Å²) in [5.74, 6) is 0.498. The molecule has 3 fully saturated rings. The number of rotatable bonds is 7. The van der Waals surface area contributed by atoms with E-state index in [4.69, 9.17) is 41.5 Å². The SMILES string of the molecule is COC[C@H]1CN(c2nc(OC[C@@]34CCCN3C/C(=C\F)C4)nc3c2CO[C@H](c2cc(N)cc(Cl)c2C(F)(F)F)C3)C[C@](C)(O)C1. The number of nitrogens with two attached hydrogens (primary N) is 1. The van der Waals surface area contributed by atoms with Crippen molar-refractivity contribution in [3.63, 3.8) is 0 Å². The highest BCUT2D eigenvalue weighted by Gasteiger charge is 2.47. The second-order valence-corrected chi connectivity index (χ2v) is 13.5. The number of ether oxygens (including phenoxy) is 3. The van der Waals surface area contributed by atoms with Crippen LogP contribution in [-0.2, 0) is 28.7 Å². The van der Waals surface area contributed by atoms with E-state index in [0.29, 0.717) is 61.5 Å². The molecule has 0 unspecified atom stereocenters. The van der Waals surface area contributed by atoms with Gasteiger partial charge in [-0.25, -0.2) is 4.39 Å². The number of hydrogen-bond acceptors (Lipinski definition) is 9. The molecule has 45 heavy (non-hydrogen) atoms. The molecule has 1 aromatic heterocycles. The van der Waals surface area contributed by atoms with Crippen LogP contribution in [0.3, 0.4) is 0 Å². The van der Waals surface area contributed by atoms with Crippen molar-refractivity contribution in [3.05, 3.63) is 51.4 Å². The molecule has 0 saturated carbocycles. The van der Waals surface area contributed by atoms with Crippen LogP contribution in [-0.4, -0.2) is 77.6 Å². The molecule has 0 radical (unpaired) electrons. The average Bonchev–Trinajstić information content (AvgIpc) is 3.51. The lowest BCUT2D eigenvalue weighted by molar-refractivity contribution is -0.139. The van der Waals surface area contributed by atoms with Crippen LogP contribution in [0.4, 0.5) is 29.1 Å².